The number of aryl methyl sites for hydroxylation is 1. The first-order valence-corrected chi connectivity index (χ1v) is 9.73. The molecule has 0 amide bonds. The number of esters is 1. The molecule has 0 heterocycles. The first kappa shape index (κ1) is 17.5. The Labute approximate surface area is 159 Å². The zero-order valence-corrected chi connectivity index (χ0v) is 15.9. The second-order valence-electron chi connectivity index (χ2n) is 6.99. The fourth-order valence-corrected chi connectivity index (χ4v) is 4.09. The van der Waals surface area contributed by atoms with Crippen molar-refractivity contribution >= 4 is 38.3 Å². The Morgan fingerprint density at radius 1 is 0.741 bits per heavy atom. The zero-order valence-electron chi connectivity index (χ0n) is 15.9. The van der Waals surface area contributed by atoms with Crippen LogP contribution in [0.1, 0.15) is 31.4 Å². The Balaban J connectivity index is 2.07. The Kier molecular flexibility index (Phi) is 4.81. The Hall–Kier alpha value is -2.87. The molecule has 4 aromatic carbocycles. The van der Waals surface area contributed by atoms with Crippen molar-refractivity contribution in [1.82, 2.24) is 0 Å². The minimum absolute atomic E-state index is 0.172. The van der Waals surface area contributed by atoms with Crippen LogP contribution in [0.5, 0.6) is 0 Å². The molecule has 0 radical (unpaired) electrons. The van der Waals surface area contributed by atoms with E-state index in [9.17, 15) is 4.79 Å². The average molecular weight is 356 g/mol. The molecule has 0 aromatic heterocycles. The number of carbonyl (C=O) groups is 1. The molecule has 0 aliphatic rings. The predicted molar refractivity (Wildman–Crippen MR) is 113 cm³/mol. The third-order valence-electron chi connectivity index (χ3n) is 5.21. The van der Waals surface area contributed by atoms with E-state index in [0.717, 1.165) is 23.8 Å². The van der Waals surface area contributed by atoms with Gasteiger partial charge in [0.1, 0.15) is 0 Å². The summed E-state index contributed by atoms with van der Waals surface area (Å²) in [4.78, 5) is 12.2. The third-order valence-corrected chi connectivity index (χ3v) is 5.21. The maximum atomic E-state index is 12.2. The van der Waals surface area contributed by atoms with E-state index in [1.54, 1.807) is 0 Å². The van der Waals surface area contributed by atoms with E-state index >= 15 is 0 Å². The summed E-state index contributed by atoms with van der Waals surface area (Å²) in [5.74, 6) is -0.172. The lowest BCUT2D eigenvalue weighted by atomic mass is 9.89. The van der Waals surface area contributed by atoms with Crippen LogP contribution in [0.3, 0.4) is 0 Å². The highest BCUT2D eigenvalue weighted by Gasteiger charge is 2.14. The predicted octanol–water partition coefficient (Wildman–Crippen LogP) is 6.20. The minimum Gasteiger partial charge on any atom is -0.466 e. The smallest absolute Gasteiger partial charge is 0.310 e. The standard InChI is InChI=1S/C25H24O2/c1-3-9-17-14-23-22-13-8-6-11-20(22)18(16-25(26)27-4-2)15-24(23)21-12-7-5-10-19(17)21/h5-8,10-15H,3-4,9,16H2,1-2H3. The van der Waals surface area contributed by atoms with Gasteiger partial charge in [-0.05, 0) is 68.9 Å². The van der Waals surface area contributed by atoms with Gasteiger partial charge in [-0.2, -0.15) is 0 Å². The number of carbonyl (C=O) groups excluding carboxylic acids is 1. The number of ether oxygens (including phenoxy) is 1. The topological polar surface area (TPSA) is 26.3 Å². The molecule has 4 rings (SSSR count). The molecular formula is C25H24O2. The van der Waals surface area contributed by atoms with Crippen LogP contribution in [0.25, 0.3) is 32.3 Å². The van der Waals surface area contributed by atoms with E-state index in [2.05, 4.69) is 61.5 Å². The van der Waals surface area contributed by atoms with E-state index in [4.69, 9.17) is 4.74 Å². The molecule has 136 valence electrons. The highest BCUT2D eigenvalue weighted by molar-refractivity contribution is 6.19. The summed E-state index contributed by atoms with van der Waals surface area (Å²) in [5.41, 5.74) is 2.42. The lowest BCUT2D eigenvalue weighted by molar-refractivity contribution is -0.142. The van der Waals surface area contributed by atoms with Gasteiger partial charge in [0.2, 0.25) is 0 Å². The number of fused-ring (bicyclic) bond motifs is 5. The molecule has 0 spiro atoms. The summed E-state index contributed by atoms with van der Waals surface area (Å²) in [7, 11) is 0. The lowest BCUT2D eigenvalue weighted by Gasteiger charge is -2.15. The summed E-state index contributed by atoms with van der Waals surface area (Å²) in [5, 5.41) is 7.38. The summed E-state index contributed by atoms with van der Waals surface area (Å²) in [6, 6.07) is 21.5. The van der Waals surface area contributed by atoms with Gasteiger partial charge in [0, 0.05) is 0 Å². The highest BCUT2D eigenvalue weighted by Crippen LogP contribution is 2.36. The highest BCUT2D eigenvalue weighted by atomic mass is 16.5. The van der Waals surface area contributed by atoms with Crippen LogP contribution >= 0.6 is 0 Å². The van der Waals surface area contributed by atoms with Crippen LogP contribution in [0.15, 0.2) is 60.7 Å². The van der Waals surface area contributed by atoms with E-state index < -0.39 is 0 Å². The second kappa shape index (κ2) is 7.40. The maximum Gasteiger partial charge on any atom is 0.310 e. The van der Waals surface area contributed by atoms with Crippen molar-refractivity contribution < 1.29 is 9.53 Å². The monoisotopic (exact) mass is 356 g/mol. The Morgan fingerprint density at radius 3 is 1.81 bits per heavy atom. The molecule has 0 unspecified atom stereocenters. The first-order chi connectivity index (χ1) is 13.2. The van der Waals surface area contributed by atoms with Gasteiger partial charge in [-0.3, -0.25) is 4.79 Å². The zero-order chi connectivity index (χ0) is 18.8. The SMILES string of the molecule is CCCc1cc2c3ccccc3c(CC(=O)OCC)cc2c2ccccc12. The van der Waals surface area contributed by atoms with Gasteiger partial charge in [-0.25, -0.2) is 0 Å². The molecule has 0 aliphatic carbocycles. The largest absolute Gasteiger partial charge is 0.466 e. The van der Waals surface area contributed by atoms with Crippen molar-refractivity contribution in [2.75, 3.05) is 6.61 Å². The van der Waals surface area contributed by atoms with Gasteiger partial charge in [-0.15, -0.1) is 0 Å². The third kappa shape index (κ3) is 3.16. The Bertz CT molecular complexity index is 1140. The van der Waals surface area contributed by atoms with Gasteiger partial charge in [-0.1, -0.05) is 61.9 Å². The molecule has 0 bridgehead atoms. The Morgan fingerprint density at radius 2 is 1.26 bits per heavy atom. The fourth-order valence-electron chi connectivity index (χ4n) is 4.09. The maximum absolute atomic E-state index is 12.2. The summed E-state index contributed by atoms with van der Waals surface area (Å²) < 4.78 is 5.21. The van der Waals surface area contributed by atoms with E-state index in [1.165, 1.54) is 32.5 Å². The van der Waals surface area contributed by atoms with E-state index in [1.807, 2.05) is 13.0 Å². The molecule has 0 saturated heterocycles. The molecule has 0 atom stereocenters. The summed E-state index contributed by atoms with van der Waals surface area (Å²) in [6.07, 6.45) is 2.49. The van der Waals surface area contributed by atoms with Crippen LogP contribution in [0.2, 0.25) is 0 Å². The number of benzene rings is 4. The van der Waals surface area contributed by atoms with Crippen molar-refractivity contribution in [3.63, 3.8) is 0 Å². The molecule has 0 aliphatic heterocycles. The molecule has 0 fully saturated rings. The number of rotatable bonds is 5. The van der Waals surface area contributed by atoms with Crippen molar-refractivity contribution in [3.05, 3.63) is 71.8 Å². The molecular weight excluding hydrogens is 332 g/mol. The van der Waals surface area contributed by atoms with Gasteiger partial charge in [0.05, 0.1) is 13.0 Å². The van der Waals surface area contributed by atoms with Gasteiger partial charge in [0.15, 0.2) is 0 Å². The lowest BCUT2D eigenvalue weighted by Crippen LogP contribution is -2.08. The number of hydrogen-bond donors (Lipinski definition) is 0. The van der Waals surface area contributed by atoms with Gasteiger partial charge >= 0.3 is 5.97 Å². The number of hydrogen-bond acceptors (Lipinski definition) is 2. The van der Waals surface area contributed by atoms with Crippen LogP contribution in [-0.2, 0) is 22.4 Å². The van der Waals surface area contributed by atoms with E-state index in [-0.39, 0.29) is 5.97 Å². The van der Waals surface area contributed by atoms with Crippen molar-refractivity contribution in [2.24, 2.45) is 0 Å². The summed E-state index contributed by atoms with van der Waals surface area (Å²) in [6.45, 7) is 4.48. The minimum atomic E-state index is -0.172. The van der Waals surface area contributed by atoms with Crippen molar-refractivity contribution in [1.29, 1.82) is 0 Å². The van der Waals surface area contributed by atoms with Crippen molar-refractivity contribution in [3.8, 4) is 0 Å². The quantitative estimate of drug-likeness (QED) is 0.314. The van der Waals surface area contributed by atoms with E-state index in [0.29, 0.717) is 13.0 Å². The van der Waals surface area contributed by atoms with Crippen LogP contribution in [0.4, 0.5) is 0 Å². The normalized spacial score (nSPS) is 11.3. The van der Waals surface area contributed by atoms with Crippen LogP contribution < -0.4 is 0 Å². The molecule has 4 aromatic rings. The molecule has 2 nitrogen and oxygen atoms in total. The van der Waals surface area contributed by atoms with Gasteiger partial charge in [0.25, 0.3) is 0 Å². The van der Waals surface area contributed by atoms with Gasteiger partial charge < -0.3 is 4.74 Å². The first-order valence-electron chi connectivity index (χ1n) is 9.73. The molecule has 0 saturated carbocycles. The fraction of sp³-hybridized carbons (Fsp3) is 0.240. The molecule has 27 heavy (non-hydrogen) atoms. The average Bonchev–Trinajstić information content (AvgIpc) is 2.69. The molecule has 0 N–H and O–H groups in total. The summed E-state index contributed by atoms with van der Waals surface area (Å²) >= 11 is 0. The van der Waals surface area contributed by atoms with Crippen LogP contribution in [0, 0.1) is 0 Å². The van der Waals surface area contributed by atoms with Crippen LogP contribution in [-0.4, -0.2) is 12.6 Å². The van der Waals surface area contributed by atoms with Crippen molar-refractivity contribution in [2.45, 2.75) is 33.1 Å². The second-order valence-corrected chi connectivity index (χ2v) is 6.99. The molecule has 2 heteroatoms.